The van der Waals surface area contributed by atoms with Gasteiger partial charge in [-0.25, -0.2) is 14.2 Å². The number of anilines is 1. The molecule has 2 rings (SSSR count). The molecule has 0 atom stereocenters. The Kier molecular flexibility index (Phi) is 5.99. The average molecular weight is 392 g/mol. The van der Waals surface area contributed by atoms with Crippen molar-refractivity contribution in [2.24, 2.45) is 0 Å². The summed E-state index contributed by atoms with van der Waals surface area (Å²) in [7, 11) is 0. The number of nitrogens with zero attached hydrogens (tertiary/aromatic N) is 1. The van der Waals surface area contributed by atoms with Crippen LogP contribution in [0.5, 0.6) is 0 Å². The fourth-order valence-electron chi connectivity index (χ4n) is 1.68. The molecule has 1 aromatic carbocycles. The molecule has 0 aliphatic carbocycles. The van der Waals surface area contributed by atoms with Crippen molar-refractivity contribution >= 4 is 52.5 Å². The topological polar surface area (TPSA) is 68.3 Å². The molecule has 24 heavy (non-hydrogen) atoms. The Morgan fingerprint density at radius 3 is 2.54 bits per heavy atom. The Hall–Kier alpha value is -1.89. The first-order valence-electron chi connectivity index (χ1n) is 6.52. The van der Waals surface area contributed by atoms with Crippen molar-refractivity contribution in [3.8, 4) is 0 Å². The third-order valence-electron chi connectivity index (χ3n) is 2.85. The summed E-state index contributed by atoms with van der Waals surface area (Å²) in [6, 6.07) is 4.63. The molecular formula is C15H10Cl3FN2O3. The molecule has 0 radical (unpaired) electrons. The SMILES string of the molecule is Cc1nc(NC(=O)COC(=O)c2ccc(F)cc2Cl)c(Cl)cc1Cl. The van der Waals surface area contributed by atoms with E-state index >= 15 is 0 Å². The number of halogens is 4. The predicted octanol–water partition coefficient (Wildman–Crippen LogP) is 4.28. The molecule has 0 unspecified atom stereocenters. The number of carbonyl (C=O) groups is 2. The highest BCUT2D eigenvalue weighted by Gasteiger charge is 2.16. The van der Waals surface area contributed by atoms with Crippen LogP contribution in [0.25, 0.3) is 0 Å². The number of ether oxygens (including phenoxy) is 1. The maximum absolute atomic E-state index is 12.9. The second-order valence-corrected chi connectivity index (χ2v) is 5.86. The number of hydrogen-bond donors (Lipinski definition) is 1. The molecule has 126 valence electrons. The van der Waals surface area contributed by atoms with Gasteiger partial charge in [0.05, 0.1) is 26.3 Å². The Labute approximate surface area is 151 Å². The highest BCUT2D eigenvalue weighted by Crippen LogP contribution is 2.25. The van der Waals surface area contributed by atoms with E-state index < -0.39 is 24.3 Å². The summed E-state index contributed by atoms with van der Waals surface area (Å²) in [5.41, 5.74) is 0.427. The first-order valence-corrected chi connectivity index (χ1v) is 7.66. The van der Waals surface area contributed by atoms with Crippen LogP contribution in [-0.4, -0.2) is 23.5 Å². The van der Waals surface area contributed by atoms with Gasteiger partial charge in [0.2, 0.25) is 0 Å². The van der Waals surface area contributed by atoms with Crippen molar-refractivity contribution in [2.45, 2.75) is 6.92 Å². The standard InChI is InChI=1S/C15H10Cl3FN2O3/c1-7-10(16)5-12(18)14(20-7)21-13(22)6-24-15(23)9-3-2-8(19)4-11(9)17/h2-5H,6H2,1H3,(H,20,21,22). The lowest BCUT2D eigenvalue weighted by molar-refractivity contribution is -0.119. The molecule has 0 saturated heterocycles. The van der Waals surface area contributed by atoms with E-state index in [9.17, 15) is 14.0 Å². The van der Waals surface area contributed by atoms with E-state index in [4.69, 9.17) is 39.5 Å². The summed E-state index contributed by atoms with van der Waals surface area (Å²) in [6.07, 6.45) is 0. The average Bonchev–Trinajstić information content (AvgIpc) is 2.50. The van der Waals surface area contributed by atoms with Gasteiger partial charge >= 0.3 is 5.97 Å². The molecule has 0 aliphatic heterocycles. The van der Waals surface area contributed by atoms with Gasteiger partial charge in [0, 0.05) is 0 Å². The predicted molar refractivity (Wildman–Crippen MR) is 89.3 cm³/mol. The number of rotatable bonds is 4. The van der Waals surface area contributed by atoms with Crippen molar-refractivity contribution in [2.75, 3.05) is 11.9 Å². The van der Waals surface area contributed by atoms with E-state index in [1.165, 1.54) is 12.1 Å². The minimum atomic E-state index is -0.860. The van der Waals surface area contributed by atoms with E-state index in [0.29, 0.717) is 10.7 Å². The Bertz CT molecular complexity index is 815. The maximum atomic E-state index is 12.9. The minimum absolute atomic E-state index is 0.0515. The molecule has 0 fully saturated rings. The van der Waals surface area contributed by atoms with Crippen LogP contribution in [0, 0.1) is 12.7 Å². The summed E-state index contributed by atoms with van der Waals surface area (Å²) in [4.78, 5) is 27.7. The largest absolute Gasteiger partial charge is 0.452 e. The van der Waals surface area contributed by atoms with Crippen molar-refractivity contribution in [3.63, 3.8) is 0 Å². The van der Waals surface area contributed by atoms with Gasteiger partial charge in [0.15, 0.2) is 12.4 Å². The van der Waals surface area contributed by atoms with Gasteiger partial charge < -0.3 is 10.1 Å². The van der Waals surface area contributed by atoms with Crippen molar-refractivity contribution in [1.29, 1.82) is 0 Å². The number of pyridine rings is 1. The van der Waals surface area contributed by atoms with Crippen LogP contribution in [0.2, 0.25) is 15.1 Å². The molecule has 0 bridgehead atoms. The zero-order valence-electron chi connectivity index (χ0n) is 12.2. The minimum Gasteiger partial charge on any atom is -0.452 e. The van der Waals surface area contributed by atoms with E-state index in [0.717, 1.165) is 12.1 Å². The van der Waals surface area contributed by atoms with Gasteiger partial charge in [-0.15, -0.1) is 0 Å². The van der Waals surface area contributed by atoms with Crippen LogP contribution in [0.3, 0.4) is 0 Å². The van der Waals surface area contributed by atoms with Gasteiger partial charge in [-0.3, -0.25) is 4.79 Å². The summed E-state index contributed by atoms with van der Waals surface area (Å²) < 4.78 is 17.8. The summed E-state index contributed by atoms with van der Waals surface area (Å²) >= 11 is 17.5. The smallest absolute Gasteiger partial charge is 0.340 e. The second-order valence-electron chi connectivity index (χ2n) is 4.63. The van der Waals surface area contributed by atoms with Gasteiger partial charge in [-0.2, -0.15) is 0 Å². The maximum Gasteiger partial charge on any atom is 0.340 e. The molecule has 1 heterocycles. The molecule has 9 heteroatoms. The fraction of sp³-hybridized carbons (Fsp3) is 0.133. The molecule has 1 N–H and O–H groups in total. The van der Waals surface area contributed by atoms with Gasteiger partial charge in [0.1, 0.15) is 5.82 Å². The molecule has 2 aromatic rings. The van der Waals surface area contributed by atoms with E-state index in [2.05, 4.69) is 10.3 Å². The highest BCUT2D eigenvalue weighted by molar-refractivity contribution is 6.36. The number of amides is 1. The summed E-state index contributed by atoms with van der Waals surface area (Å²) in [5, 5.41) is 2.79. The quantitative estimate of drug-likeness (QED) is 0.790. The Morgan fingerprint density at radius 1 is 1.17 bits per heavy atom. The van der Waals surface area contributed by atoms with E-state index in [1.54, 1.807) is 6.92 Å². The lowest BCUT2D eigenvalue weighted by Crippen LogP contribution is -2.22. The number of aromatic nitrogens is 1. The number of nitrogens with one attached hydrogen (secondary N) is 1. The number of benzene rings is 1. The highest BCUT2D eigenvalue weighted by atomic mass is 35.5. The number of carbonyl (C=O) groups excluding carboxylic acids is 2. The van der Waals surface area contributed by atoms with Crippen LogP contribution < -0.4 is 5.32 Å². The zero-order valence-corrected chi connectivity index (χ0v) is 14.5. The first-order chi connectivity index (χ1) is 11.3. The molecule has 0 spiro atoms. The van der Waals surface area contributed by atoms with Crippen molar-refractivity contribution in [1.82, 2.24) is 4.98 Å². The van der Waals surface area contributed by atoms with Gasteiger partial charge in [-0.1, -0.05) is 34.8 Å². The lowest BCUT2D eigenvalue weighted by Gasteiger charge is -2.09. The lowest BCUT2D eigenvalue weighted by atomic mass is 10.2. The van der Waals surface area contributed by atoms with Crippen LogP contribution in [0.4, 0.5) is 10.2 Å². The molecular weight excluding hydrogens is 382 g/mol. The van der Waals surface area contributed by atoms with Crippen LogP contribution in [-0.2, 0) is 9.53 Å². The molecule has 1 amide bonds. The van der Waals surface area contributed by atoms with Crippen molar-refractivity contribution < 1.29 is 18.7 Å². The number of aryl methyl sites for hydroxylation is 1. The Balaban J connectivity index is 1.98. The Morgan fingerprint density at radius 2 is 1.88 bits per heavy atom. The molecule has 1 aromatic heterocycles. The zero-order chi connectivity index (χ0) is 17.9. The van der Waals surface area contributed by atoms with E-state index in [1.807, 2.05) is 0 Å². The van der Waals surface area contributed by atoms with Crippen LogP contribution >= 0.6 is 34.8 Å². The third-order valence-corrected chi connectivity index (χ3v) is 3.83. The number of hydrogen-bond acceptors (Lipinski definition) is 4. The van der Waals surface area contributed by atoms with Crippen LogP contribution in [0.1, 0.15) is 16.1 Å². The van der Waals surface area contributed by atoms with Crippen molar-refractivity contribution in [3.05, 3.63) is 56.4 Å². The van der Waals surface area contributed by atoms with Gasteiger partial charge in [0.25, 0.3) is 5.91 Å². The molecule has 0 saturated carbocycles. The fourth-order valence-corrected chi connectivity index (χ4v) is 2.33. The monoisotopic (exact) mass is 390 g/mol. The second kappa shape index (κ2) is 7.79. The van der Waals surface area contributed by atoms with Gasteiger partial charge in [-0.05, 0) is 31.2 Å². The number of esters is 1. The third kappa shape index (κ3) is 4.56. The van der Waals surface area contributed by atoms with E-state index in [-0.39, 0.29) is 21.4 Å². The van der Waals surface area contributed by atoms with Crippen LogP contribution in [0.15, 0.2) is 24.3 Å². The molecule has 5 nitrogen and oxygen atoms in total. The molecule has 0 aliphatic rings. The normalized spacial score (nSPS) is 10.4. The summed E-state index contributed by atoms with van der Waals surface area (Å²) in [5.74, 6) is -2.01. The first kappa shape index (κ1) is 18.4. The summed E-state index contributed by atoms with van der Waals surface area (Å²) in [6.45, 7) is 1.05.